The lowest BCUT2D eigenvalue weighted by Crippen LogP contribution is -2.33. The predicted octanol–water partition coefficient (Wildman–Crippen LogP) is 3.00. The fraction of sp³-hybridized carbons (Fsp3) is 0.240. The molecule has 0 bridgehead atoms. The minimum absolute atomic E-state index is 0. The van der Waals surface area contributed by atoms with Crippen LogP contribution in [-0.2, 0) is 24.2 Å². The summed E-state index contributed by atoms with van der Waals surface area (Å²) < 4.78 is 6.26. The first-order valence-electron chi connectivity index (χ1n) is 11.3. The molecule has 0 atom stereocenters. The van der Waals surface area contributed by atoms with E-state index < -0.39 is 23.8 Å². The van der Waals surface area contributed by atoms with E-state index in [1.807, 2.05) is 6.07 Å². The molecule has 36 heavy (non-hydrogen) atoms. The number of hydrogen-bond acceptors (Lipinski definition) is 7. The van der Waals surface area contributed by atoms with Gasteiger partial charge in [0.05, 0.1) is 30.0 Å². The van der Waals surface area contributed by atoms with Gasteiger partial charge in [-0.1, -0.05) is 30.3 Å². The molecule has 0 spiro atoms. The zero-order valence-corrected chi connectivity index (χ0v) is 20.3. The maximum Gasteiger partial charge on any atom is 0.434 e. The number of aromatic nitrogens is 2. The number of ether oxygens (including phenoxy) is 1. The zero-order chi connectivity index (χ0) is 24.5. The van der Waals surface area contributed by atoms with E-state index in [9.17, 15) is 19.2 Å². The van der Waals surface area contributed by atoms with E-state index in [1.54, 1.807) is 37.3 Å². The Morgan fingerprint density at radius 3 is 2.56 bits per heavy atom. The Morgan fingerprint density at radius 2 is 1.81 bits per heavy atom. The molecule has 186 valence electrons. The minimum Gasteiger partial charge on any atom is -0.448 e. The van der Waals surface area contributed by atoms with Gasteiger partial charge in [-0.2, -0.15) is 4.68 Å². The molecule has 0 saturated carbocycles. The summed E-state index contributed by atoms with van der Waals surface area (Å²) in [6.45, 7) is 3.13. The van der Waals surface area contributed by atoms with E-state index in [0.29, 0.717) is 36.3 Å². The molecule has 1 aromatic heterocycles. The Hall–Kier alpha value is -4.02. The summed E-state index contributed by atoms with van der Waals surface area (Å²) >= 11 is 0. The lowest BCUT2D eigenvalue weighted by molar-refractivity contribution is 0.0628. The van der Waals surface area contributed by atoms with Gasteiger partial charge in [0, 0.05) is 30.6 Å². The molecule has 2 aliphatic rings. The van der Waals surface area contributed by atoms with Crippen molar-refractivity contribution in [2.75, 3.05) is 18.5 Å². The summed E-state index contributed by atoms with van der Waals surface area (Å²) in [5.41, 5.74) is 2.80. The Balaban J connectivity index is 0.00000304. The van der Waals surface area contributed by atoms with Gasteiger partial charge in [-0.25, -0.2) is 4.79 Å². The van der Waals surface area contributed by atoms with Crippen molar-refractivity contribution in [3.63, 3.8) is 0 Å². The number of carbonyl (C=O) groups excluding carboxylic acids is 4. The van der Waals surface area contributed by atoms with Crippen molar-refractivity contribution in [3.05, 3.63) is 82.0 Å². The first-order valence-corrected chi connectivity index (χ1v) is 11.3. The number of carbonyl (C=O) groups is 4. The number of nitrogens with zero attached hydrogens (tertiary/aromatic N) is 3. The van der Waals surface area contributed by atoms with Crippen LogP contribution in [0.5, 0.6) is 0 Å². The van der Waals surface area contributed by atoms with Crippen LogP contribution in [0.4, 0.5) is 10.6 Å². The van der Waals surface area contributed by atoms with Crippen molar-refractivity contribution in [3.8, 4) is 0 Å². The highest BCUT2D eigenvalue weighted by molar-refractivity contribution is 6.17. The van der Waals surface area contributed by atoms with E-state index in [-0.39, 0.29) is 42.5 Å². The Bertz CT molecular complexity index is 1370. The second-order valence-electron chi connectivity index (χ2n) is 8.16. The predicted molar refractivity (Wildman–Crippen MR) is 132 cm³/mol. The molecular weight excluding hydrogens is 486 g/mol. The van der Waals surface area contributed by atoms with Gasteiger partial charge in [-0.05, 0) is 30.7 Å². The Morgan fingerprint density at radius 1 is 1.08 bits per heavy atom. The van der Waals surface area contributed by atoms with Gasteiger partial charge in [0.1, 0.15) is 0 Å². The number of fused-ring (bicyclic) bond motifs is 2. The number of halogens is 1. The number of hydrogen-bond donors (Lipinski definition) is 2. The third kappa shape index (κ3) is 4.36. The van der Waals surface area contributed by atoms with Gasteiger partial charge in [0.2, 0.25) is 0 Å². The van der Waals surface area contributed by atoms with Crippen LogP contribution in [-0.4, -0.2) is 51.6 Å². The van der Waals surface area contributed by atoms with E-state index in [0.717, 1.165) is 10.5 Å². The zero-order valence-electron chi connectivity index (χ0n) is 19.4. The van der Waals surface area contributed by atoms with Gasteiger partial charge in [0.25, 0.3) is 17.7 Å². The van der Waals surface area contributed by atoms with Crippen LogP contribution in [0, 0.1) is 0 Å². The summed E-state index contributed by atoms with van der Waals surface area (Å²) in [4.78, 5) is 52.9. The standard InChI is InChI=1S/C25H23N5O5.ClH/c1-2-35-25(34)30-20-11-12-26-13-19(20)21(28-30)27-22(31)17-9-5-6-10-18(17)24(33)29-14-15-7-3-4-8-16(15)23(29)32;/h3-10,26H,2,11-14H2,1H3,(H,27,28,31);1H. The van der Waals surface area contributed by atoms with Gasteiger partial charge < -0.3 is 15.4 Å². The number of benzene rings is 2. The fourth-order valence-electron chi connectivity index (χ4n) is 4.39. The molecule has 3 heterocycles. The maximum absolute atomic E-state index is 13.3. The summed E-state index contributed by atoms with van der Waals surface area (Å²) in [7, 11) is 0. The lowest BCUT2D eigenvalue weighted by Gasteiger charge is -2.17. The van der Waals surface area contributed by atoms with Crippen LogP contribution in [0.15, 0.2) is 48.5 Å². The van der Waals surface area contributed by atoms with Crippen LogP contribution in [0.3, 0.4) is 0 Å². The molecule has 3 aromatic rings. The molecule has 10 nitrogen and oxygen atoms in total. The number of nitrogens with one attached hydrogen (secondary N) is 2. The third-order valence-electron chi connectivity index (χ3n) is 6.07. The van der Waals surface area contributed by atoms with Crippen LogP contribution in [0.1, 0.15) is 54.8 Å². The monoisotopic (exact) mass is 509 g/mol. The number of amides is 3. The van der Waals surface area contributed by atoms with E-state index in [2.05, 4.69) is 15.7 Å². The van der Waals surface area contributed by atoms with Gasteiger partial charge in [-0.3, -0.25) is 19.3 Å². The molecule has 0 unspecified atom stereocenters. The van der Waals surface area contributed by atoms with Gasteiger partial charge in [0.15, 0.2) is 5.82 Å². The molecule has 2 N–H and O–H groups in total. The number of rotatable bonds is 4. The van der Waals surface area contributed by atoms with Crippen molar-refractivity contribution < 1.29 is 23.9 Å². The molecule has 0 fully saturated rings. The highest BCUT2D eigenvalue weighted by Gasteiger charge is 2.34. The van der Waals surface area contributed by atoms with E-state index >= 15 is 0 Å². The maximum atomic E-state index is 13.3. The van der Waals surface area contributed by atoms with Crippen molar-refractivity contribution in [2.45, 2.75) is 26.4 Å². The molecule has 11 heteroatoms. The minimum atomic E-state index is -0.617. The van der Waals surface area contributed by atoms with Crippen LogP contribution >= 0.6 is 12.4 Å². The summed E-state index contributed by atoms with van der Waals surface area (Å²) in [5, 5.41) is 10.2. The van der Waals surface area contributed by atoms with Gasteiger partial charge >= 0.3 is 6.09 Å². The average molecular weight is 510 g/mol. The van der Waals surface area contributed by atoms with Crippen LogP contribution < -0.4 is 10.6 Å². The second kappa shape index (κ2) is 10.3. The fourth-order valence-corrected chi connectivity index (χ4v) is 4.39. The average Bonchev–Trinajstić information content (AvgIpc) is 3.42. The largest absolute Gasteiger partial charge is 0.448 e. The molecule has 3 amide bonds. The molecule has 2 aromatic carbocycles. The van der Waals surface area contributed by atoms with Gasteiger partial charge in [-0.15, -0.1) is 17.5 Å². The van der Waals surface area contributed by atoms with Crippen molar-refractivity contribution >= 4 is 42.0 Å². The highest BCUT2D eigenvalue weighted by Crippen LogP contribution is 2.27. The molecule has 0 aliphatic carbocycles. The van der Waals surface area contributed by atoms with E-state index in [4.69, 9.17) is 4.74 Å². The van der Waals surface area contributed by atoms with E-state index in [1.165, 1.54) is 16.8 Å². The van der Waals surface area contributed by atoms with Crippen LogP contribution in [0.25, 0.3) is 0 Å². The third-order valence-corrected chi connectivity index (χ3v) is 6.07. The molecule has 2 aliphatic heterocycles. The smallest absolute Gasteiger partial charge is 0.434 e. The molecule has 0 radical (unpaired) electrons. The first kappa shape index (κ1) is 25.1. The quantitative estimate of drug-likeness (QED) is 0.518. The summed E-state index contributed by atoms with van der Waals surface area (Å²) in [6, 6.07) is 13.4. The Kier molecular flexibility index (Phi) is 7.18. The summed E-state index contributed by atoms with van der Waals surface area (Å²) in [5.74, 6) is -1.30. The Labute approximate surface area is 213 Å². The molecular formula is C25H24ClN5O5. The van der Waals surface area contributed by atoms with Crippen LogP contribution in [0.2, 0.25) is 0 Å². The second-order valence-corrected chi connectivity index (χ2v) is 8.16. The molecule has 0 saturated heterocycles. The lowest BCUT2D eigenvalue weighted by atomic mass is 10.0. The first-order chi connectivity index (χ1) is 17.0. The highest BCUT2D eigenvalue weighted by atomic mass is 35.5. The topological polar surface area (TPSA) is 123 Å². The van der Waals surface area contributed by atoms with Crippen molar-refractivity contribution in [1.29, 1.82) is 0 Å². The summed E-state index contributed by atoms with van der Waals surface area (Å²) in [6.07, 6.45) is -0.0715. The number of anilines is 1. The molecule has 5 rings (SSSR count). The van der Waals surface area contributed by atoms with Crippen molar-refractivity contribution in [1.82, 2.24) is 20.0 Å². The normalized spacial score (nSPS) is 13.9. The van der Waals surface area contributed by atoms with Crippen molar-refractivity contribution in [2.24, 2.45) is 0 Å². The SMILES string of the molecule is CCOC(=O)n1nc(NC(=O)c2ccccc2C(=O)N2Cc3ccccc3C2=O)c2c1CCNC2.Cl. The number of imide groups is 1.